The topological polar surface area (TPSA) is 62.3 Å². The number of nitrogens with zero attached hydrogens (tertiary/aromatic N) is 2. The van der Waals surface area contributed by atoms with Crippen molar-refractivity contribution in [1.82, 2.24) is 14.6 Å². The number of likely N-dealkylation sites (tertiary alicyclic amines) is 1. The Balaban J connectivity index is 1.59. The van der Waals surface area contributed by atoms with E-state index >= 15 is 0 Å². The zero-order chi connectivity index (χ0) is 15.6. The van der Waals surface area contributed by atoms with Crippen molar-refractivity contribution in [3.8, 4) is 0 Å². The Labute approximate surface area is 137 Å². The van der Waals surface area contributed by atoms with Crippen molar-refractivity contribution in [3.05, 3.63) is 16.1 Å². The SMILES string of the molecule is Cc1nc(CN2CCC[C@H](S(=O)(=O)NC3CCCC3)C2)cs1. The molecule has 3 rings (SSSR count). The summed E-state index contributed by atoms with van der Waals surface area (Å²) in [6, 6.07) is 0.168. The van der Waals surface area contributed by atoms with Crippen LogP contribution in [-0.4, -0.2) is 42.7 Å². The molecule has 1 aromatic rings. The fourth-order valence-corrected chi connectivity index (χ4v) is 5.87. The van der Waals surface area contributed by atoms with E-state index in [0.29, 0.717) is 6.54 Å². The van der Waals surface area contributed by atoms with Gasteiger partial charge in [-0.15, -0.1) is 11.3 Å². The molecule has 0 aromatic carbocycles. The van der Waals surface area contributed by atoms with Crippen LogP contribution in [0.4, 0.5) is 0 Å². The lowest BCUT2D eigenvalue weighted by Gasteiger charge is -2.32. The molecule has 5 nitrogen and oxygen atoms in total. The second kappa shape index (κ2) is 6.95. The van der Waals surface area contributed by atoms with Crippen molar-refractivity contribution < 1.29 is 8.42 Å². The average molecular weight is 344 g/mol. The summed E-state index contributed by atoms with van der Waals surface area (Å²) < 4.78 is 28.1. The number of thiazole rings is 1. The van der Waals surface area contributed by atoms with Gasteiger partial charge in [0.05, 0.1) is 16.0 Å². The fraction of sp³-hybridized carbons (Fsp3) is 0.800. The Bertz CT molecular complexity index is 594. The lowest BCUT2D eigenvalue weighted by molar-refractivity contribution is 0.219. The standard InChI is InChI=1S/C15H25N3O2S2/c1-12-16-14(11-21-12)9-18-8-4-7-15(10-18)22(19,20)17-13-5-2-3-6-13/h11,13,15,17H,2-10H2,1H3/t15-/m0/s1. The van der Waals surface area contributed by atoms with Crippen LogP contribution < -0.4 is 4.72 Å². The van der Waals surface area contributed by atoms with Gasteiger partial charge in [0.25, 0.3) is 0 Å². The van der Waals surface area contributed by atoms with Crippen LogP contribution in [0.1, 0.15) is 49.2 Å². The second-order valence-electron chi connectivity index (χ2n) is 6.50. The molecule has 7 heteroatoms. The van der Waals surface area contributed by atoms with Gasteiger partial charge in [0.1, 0.15) is 0 Å². The van der Waals surface area contributed by atoms with Crippen molar-refractivity contribution >= 4 is 21.4 Å². The number of sulfonamides is 1. The first kappa shape index (κ1) is 16.4. The maximum absolute atomic E-state index is 12.6. The lowest BCUT2D eigenvalue weighted by Crippen LogP contribution is -2.48. The predicted octanol–water partition coefficient (Wildman–Crippen LogP) is 2.28. The average Bonchev–Trinajstić information content (AvgIpc) is 3.11. The monoisotopic (exact) mass is 343 g/mol. The predicted molar refractivity (Wildman–Crippen MR) is 89.5 cm³/mol. The van der Waals surface area contributed by atoms with Gasteiger partial charge in [0.15, 0.2) is 0 Å². The van der Waals surface area contributed by atoms with E-state index in [-0.39, 0.29) is 11.3 Å². The van der Waals surface area contributed by atoms with Crippen LogP contribution >= 0.6 is 11.3 Å². The van der Waals surface area contributed by atoms with Gasteiger partial charge in [-0.1, -0.05) is 12.8 Å². The van der Waals surface area contributed by atoms with Crippen LogP contribution in [0.2, 0.25) is 0 Å². The molecular weight excluding hydrogens is 318 g/mol. The summed E-state index contributed by atoms with van der Waals surface area (Å²) in [5, 5.41) is 2.87. The molecule has 0 amide bonds. The highest BCUT2D eigenvalue weighted by Crippen LogP contribution is 2.23. The minimum absolute atomic E-state index is 0.168. The summed E-state index contributed by atoms with van der Waals surface area (Å²) in [6.07, 6.45) is 6.00. The molecule has 1 N–H and O–H groups in total. The van der Waals surface area contributed by atoms with E-state index in [2.05, 4.69) is 20.0 Å². The van der Waals surface area contributed by atoms with Crippen molar-refractivity contribution in [2.45, 2.75) is 63.3 Å². The number of hydrogen-bond acceptors (Lipinski definition) is 5. The first-order valence-electron chi connectivity index (χ1n) is 8.17. The highest BCUT2D eigenvalue weighted by atomic mass is 32.2. The third kappa shape index (κ3) is 4.07. The lowest BCUT2D eigenvalue weighted by atomic mass is 10.1. The molecule has 22 heavy (non-hydrogen) atoms. The number of piperidine rings is 1. The summed E-state index contributed by atoms with van der Waals surface area (Å²) in [5.74, 6) is 0. The van der Waals surface area contributed by atoms with Gasteiger partial charge in [-0.25, -0.2) is 18.1 Å². The largest absolute Gasteiger partial charge is 0.296 e. The smallest absolute Gasteiger partial charge is 0.215 e. The van der Waals surface area contributed by atoms with Crippen LogP contribution in [-0.2, 0) is 16.6 Å². The van der Waals surface area contributed by atoms with Crippen molar-refractivity contribution in [2.24, 2.45) is 0 Å². The summed E-state index contributed by atoms with van der Waals surface area (Å²) in [5.41, 5.74) is 1.06. The van der Waals surface area contributed by atoms with E-state index in [4.69, 9.17) is 0 Å². The van der Waals surface area contributed by atoms with Crippen molar-refractivity contribution in [3.63, 3.8) is 0 Å². The molecule has 2 heterocycles. The number of aryl methyl sites for hydroxylation is 1. The van der Waals surface area contributed by atoms with E-state index in [9.17, 15) is 8.42 Å². The number of hydrogen-bond donors (Lipinski definition) is 1. The summed E-state index contributed by atoms with van der Waals surface area (Å²) in [4.78, 5) is 6.72. The molecule has 0 unspecified atom stereocenters. The van der Waals surface area contributed by atoms with E-state index in [0.717, 1.165) is 62.3 Å². The van der Waals surface area contributed by atoms with Crippen molar-refractivity contribution in [2.75, 3.05) is 13.1 Å². The first-order chi connectivity index (χ1) is 10.5. The molecule has 0 spiro atoms. The Morgan fingerprint density at radius 2 is 2.09 bits per heavy atom. The second-order valence-corrected chi connectivity index (χ2v) is 9.56. The third-order valence-electron chi connectivity index (χ3n) is 4.64. The molecule has 2 fully saturated rings. The molecule has 0 bridgehead atoms. The van der Waals surface area contributed by atoms with Gasteiger partial charge in [-0.05, 0) is 39.2 Å². The minimum atomic E-state index is -3.20. The van der Waals surface area contributed by atoms with Gasteiger partial charge in [-0.3, -0.25) is 4.90 Å². The highest BCUT2D eigenvalue weighted by molar-refractivity contribution is 7.90. The maximum atomic E-state index is 12.6. The molecule has 1 aliphatic heterocycles. The Hall–Kier alpha value is -0.500. The van der Waals surface area contributed by atoms with Gasteiger partial charge in [0, 0.05) is 24.5 Å². The van der Waals surface area contributed by atoms with Crippen LogP contribution in [0.15, 0.2) is 5.38 Å². The highest BCUT2D eigenvalue weighted by Gasteiger charge is 2.33. The van der Waals surface area contributed by atoms with E-state index < -0.39 is 10.0 Å². The summed E-state index contributed by atoms with van der Waals surface area (Å²) in [6.45, 7) is 4.35. The van der Waals surface area contributed by atoms with Gasteiger partial charge in [-0.2, -0.15) is 0 Å². The quantitative estimate of drug-likeness (QED) is 0.891. The van der Waals surface area contributed by atoms with Gasteiger partial charge >= 0.3 is 0 Å². The Kier molecular flexibility index (Phi) is 5.17. The molecule has 0 radical (unpaired) electrons. The molecule has 1 atom stereocenters. The van der Waals surface area contributed by atoms with E-state index in [1.54, 1.807) is 11.3 Å². The molecular formula is C15H25N3O2S2. The fourth-order valence-electron chi connectivity index (χ4n) is 3.49. The summed E-state index contributed by atoms with van der Waals surface area (Å²) >= 11 is 1.65. The van der Waals surface area contributed by atoms with E-state index in [1.165, 1.54) is 0 Å². The Morgan fingerprint density at radius 1 is 1.32 bits per heavy atom. The molecule has 1 aliphatic carbocycles. The zero-order valence-corrected chi connectivity index (χ0v) is 14.8. The number of nitrogens with one attached hydrogen (secondary N) is 1. The molecule has 1 aromatic heterocycles. The molecule has 1 saturated carbocycles. The molecule has 124 valence electrons. The minimum Gasteiger partial charge on any atom is -0.296 e. The van der Waals surface area contributed by atoms with Crippen LogP contribution in [0.3, 0.4) is 0 Å². The number of aromatic nitrogens is 1. The normalized spacial score (nSPS) is 24.9. The van der Waals surface area contributed by atoms with Crippen molar-refractivity contribution in [1.29, 1.82) is 0 Å². The van der Waals surface area contributed by atoms with Gasteiger partial charge in [0.2, 0.25) is 10.0 Å². The van der Waals surface area contributed by atoms with E-state index in [1.807, 2.05) is 6.92 Å². The molecule has 2 aliphatic rings. The number of rotatable bonds is 5. The third-order valence-corrected chi connectivity index (χ3v) is 7.39. The Morgan fingerprint density at radius 3 is 2.77 bits per heavy atom. The molecule has 1 saturated heterocycles. The first-order valence-corrected chi connectivity index (χ1v) is 10.6. The van der Waals surface area contributed by atoms with Gasteiger partial charge < -0.3 is 0 Å². The van der Waals surface area contributed by atoms with Crippen LogP contribution in [0, 0.1) is 6.92 Å². The zero-order valence-electron chi connectivity index (χ0n) is 13.1. The maximum Gasteiger partial charge on any atom is 0.215 e. The summed E-state index contributed by atoms with van der Waals surface area (Å²) in [7, 11) is -3.20. The van der Waals surface area contributed by atoms with Crippen LogP contribution in [0.25, 0.3) is 0 Å². The van der Waals surface area contributed by atoms with Crippen LogP contribution in [0.5, 0.6) is 0 Å².